The van der Waals surface area contributed by atoms with Gasteiger partial charge in [-0.05, 0) is 69.2 Å². The van der Waals surface area contributed by atoms with E-state index in [-0.39, 0.29) is 36.9 Å². The summed E-state index contributed by atoms with van der Waals surface area (Å²) in [5, 5.41) is 10.9. The minimum Gasteiger partial charge on any atom is -0.380 e. The number of aromatic nitrogens is 1. The van der Waals surface area contributed by atoms with Crippen LogP contribution >= 0.6 is 0 Å². The Kier molecular flexibility index (Phi) is 6.01. The molecule has 8 nitrogen and oxygen atoms in total. The Labute approximate surface area is 227 Å². The summed E-state index contributed by atoms with van der Waals surface area (Å²) in [6.45, 7) is 3.31. The molecule has 6 rings (SSSR count). The van der Waals surface area contributed by atoms with Crippen LogP contribution in [0.15, 0.2) is 36.4 Å². The van der Waals surface area contributed by atoms with Crippen LogP contribution in [0.3, 0.4) is 0 Å². The van der Waals surface area contributed by atoms with Crippen molar-refractivity contribution in [2.45, 2.75) is 81.3 Å². The van der Waals surface area contributed by atoms with Crippen LogP contribution in [-0.4, -0.2) is 76.1 Å². The maximum Gasteiger partial charge on any atom is 0.280 e. The van der Waals surface area contributed by atoms with Crippen molar-refractivity contribution in [2.24, 2.45) is 5.92 Å². The molecule has 2 aliphatic carbocycles. The van der Waals surface area contributed by atoms with E-state index < -0.39 is 56.7 Å². The van der Waals surface area contributed by atoms with Gasteiger partial charge in [-0.3, -0.25) is 9.78 Å². The molecule has 1 amide bonds. The molecule has 2 N–H and O–H groups in total. The average molecular weight is 561 g/mol. The zero-order valence-corrected chi connectivity index (χ0v) is 23.1. The highest BCUT2D eigenvalue weighted by atomic mass is 32.2. The molecular weight excluding hydrogens is 526 g/mol. The van der Waals surface area contributed by atoms with Crippen molar-refractivity contribution in [1.82, 2.24) is 18.9 Å². The predicted octanol–water partition coefficient (Wildman–Crippen LogP) is 2.75. The Bertz CT molecular complexity index is 1450. The Morgan fingerprint density at radius 1 is 1.23 bits per heavy atom. The molecule has 0 bridgehead atoms. The molecule has 5 atom stereocenters. The molecule has 4 aliphatic rings. The number of hydrogen-bond acceptors (Lipinski definition) is 5. The largest absolute Gasteiger partial charge is 0.380 e. The van der Waals surface area contributed by atoms with Crippen LogP contribution < -0.4 is 4.72 Å². The van der Waals surface area contributed by atoms with Gasteiger partial charge in [0.05, 0.1) is 24.3 Å². The zero-order chi connectivity index (χ0) is 28.0. The molecule has 3 unspecified atom stereocenters. The lowest BCUT2D eigenvalue weighted by atomic mass is 9.79. The summed E-state index contributed by atoms with van der Waals surface area (Å²) in [5.74, 6) is -1.81. The van der Waals surface area contributed by atoms with Crippen molar-refractivity contribution < 1.29 is 27.1 Å². The number of likely N-dealkylation sites (tertiary alicyclic amines) is 1. The summed E-state index contributed by atoms with van der Waals surface area (Å²) in [7, 11) is -2.65. The maximum atomic E-state index is 17.1. The topological polar surface area (TPSA) is 103 Å². The summed E-state index contributed by atoms with van der Waals surface area (Å²) in [6.07, 6.45) is 2.08. The van der Waals surface area contributed by atoms with Crippen molar-refractivity contribution in [3.63, 3.8) is 0 Å². The second-order valence-electron chi connectivity index (χ2n) is 11.8. The van der Waals surface area contributed by atoms with Gasteiger partial charge in [0.25, 0.3) is 16.1 Å². The van der Waals surface area contributed by atoms with Gasteiger partial charge in [-0.15, -0.1) is 0 Å². The summed E-state index contributed by atoms with van der Waals surface area (Å²) in [4.78, 5) is 19.4. The lowest BCUT2D eigenvalue weighted by molar-refractivity contribution is -0.161. The summed E-state index contributed by atoms with van der Waals surface area (Å²) in [5.41, 5.74) is -2.83. The first-order valence-electron chi connectivity index (χ1n) is 13.6. The molecule has 2 saturated carbocycles. The van der Waals surface area contributed by atoms with Gasteiger partial charge >= 0.3 is 0 Å². The molecule has 1 aromatic carbocycles. The Morgan fingerprint density at radius 2 is 1.95 bits per heavy atom. The van der Waals surface area contributed by atoms with E-state index in [1.54, 1.807) is 31.2 Å². The van der Waals surface area contributed by atoms with Crippen molar-refractivity contribution in [3.8, 4) is 11.3 Å². The fraction of sp³-hybridized carbons (Fsp3) is 0.571. The number of nitrogens with one attached hydrogen (secondary N) is 1. The van der Waals surface area contributed by atoms with Crippen molar-refractivity contribution >= 4 is 16.1 Å². The first kappa shape index (κ1) is 26.7. The number of alkyl halides is 1. The van der Waals surface area contributed by atoms with Crippen LogP contribution in [0.1, 0.15) is 50.8 Å². The van der Waals surface area contributed by atoms with Gasteiger partial charge in [0.15, 0.2) is 5.67 Å². The highest BCUT2D eigenvalue weighted by Crippen LogP contribution is 2.61. The van der Waals surface area contributed by atoms with Crippen LogP contribution in [0.2, 0.25) is 0 Å². The average Bonchev–Trinajstić information content (AvgIpc) is 3.54. The van der Waals surface area contributed by atoms with E-state index in [2.05, 4.69) is 9.71 Å². The Balaban J connectivity index is 1.42. The predicted molar refractivity (Wildman–Crippen MR) is 141 cm³/mol. The van der Waals surface area contributed by atoms with E-state index in [4.69, 9.17) is 0 Å². The van der Waals surface area contributed by atoms with E-state index >= 15 is 8.78 Å². The highest BCUT2D eigenvalue weighted by molar-refractivity contribution is 7.87. The van der Waals surface area contributed by atoms with E-state index in [0.717, 1.165) is 5.69 Å². The maximum absolute atomic E-state index is 17.1. The van der Waals surface area contributed by atoms with Gasteiger partial charge in [-0.1, -0.05) is 25.1 Å². The quantitative estimate of drug-likeness (QED) is 0.586. The van der Waals surface area contributed by atoms with E-state index in [1.807, 2.05) is 19.1 Å². The van der Waals surface area contributed by atoms with Crippen LogP contribution in [0.25, 0.3) is 11.3 Å². The zero-order valence-electron chi connectivity index (χ0n) is 22.3. The third-order valence-corrected chi connectivity index (χ3v) is 11.3. The number of nitrogens with zero attached hydrogens (tertiary/aromatic N) is 3. The number of carbonyl (C=O) groups is 1. The van der Waals surface area contributed by atoms with Crippen LogP contribution in [-0.2, 0) is 27.8 Å². The van der Waals surface area contributed by atoms with Gasteiger partial charge < -0.3 is 10.0 Å². The van der Waals surface area contributed by atoms with E-state index in [1.165, 1.54) is 16.3 Å². The molecular formula is C28H34F2N4O4S. The summed E-state index contributed by atoms with van der Waals surface area (Å²) >= 11 is 0. The number of hydrogen-bond donors (Lipinski definition) is 2. The fourth-order valence-corrected chi connectivity index (χ4v) is 8.40. The van der Waals surface area contributed by atoms with E-state index in [0.29, 0.717) is 25.0 Å². The Morgan fingerprint density at radius 3 is 2.62 bits per heavy atom. The summed E-state index contributed by atoms with van der Waals surface area (Å²) in [6, 6.07) is 7.93. The van der Waals surface area contributed by atoms with Crippen LogP contribution in [0, 0.1) is 11.7 Å². The standard InChI is InChI=1S/C28H34F2N4O4S/c1-4-18-9-6-11-20(31-18)19-10-5-8-17(23(19)29)14-21-24-28(30,16-34(21)25(35)27(36)12-7-13-27)22-15-26(22,2)33(3)39(37,38)32-24/h5-6,8-11,21-22,24,32,36H,4,7,12-16H2,1-3H3/t21-,22?,24+,26?,28?/m0/s1. The molecule has 2 aliphatic heterocycles. The number of aliphatic hydroxyl groups is 1. The fourth-order valence-electron chi connectivity index (χ4n) is 6.81. The molecule has 2 aromatic rings. The molecule has 4 fully saturated rings. The first-order chi connectivity index (χ1) is 18.3. The summed E-state index contributed by atoms with van der Waals surface area (Å²) < 4.78 is 63.3. The third-order valence-electron chi connectivity index (χ3n) is 9.65. The first-order valence-corrected chi connectivity index (χ1v) is 15.0. The van der Waals surface area contributed by atoms with Crippen molar-refractivity contribution in [3.05, 3.63) is 53.5 Å². The highest BCUT2D eigenvalue weighted by Gasteiger charge is 2.75. The number of benzene rings is 1. The van der Waals surface area contributed by atoms with Gasteiger partial charge in [-0.25, -0.2) is 8.78 Å². The second kappa shape index (κ2) is 8.76. The normalized spacial score (nSPS) is 34.5. The molecule has 210 valence electrons. The van der Waals surface area contributed by atoms with Gasteiger partial charge in [0.1, 0.15) is 11.4 Å². The number of pyridine rings is 1. The number of carbonyl (C=O) groups excluding carboxylic acids is 1. The van der Waals surface area contributed by atoms with Gasteiger partial charge in [-0.2, -0.15) is 17.4 Å². The molecule has 0 radical (unpaired) electrons. The third kappa shape index (κ3) is 3.95. The molecule has 0 spiro atoms. The lowest BCUT2D eigenvalue weighted by Crippen LogP contribution is -2.58. The molecule has 39 heavy (non-hydrogen) atoms. The smallest absolute Gasteiger partial charge is 0.280 e. The number of aryl methyl sites for hydroxylation is 1. The van der Waals surface area contributed by atoms with Gasteiger partial charge in [0, 0.05) is 29.8 Å². The molecule has 11 heteroatoms. The van der Waals surface area contributed by atoms with Crippen molar-refractivity contribution in [1.29, 1.82) is 0 Å². The second-order valence-corrected chi connectivity index (χ2v) is 13.6. The Hall–Kier alpha value is -2.47. The number of halogens is 2. The van der Waals surface area contributed by atoms with Crippen molar-refractivity contribution in [2.75, 3.05) is 13.6 Å². The van der Waals surface area contributed by atoms with Crippen LogP contribution in [0.4, 0.5) is 8.78 Å². The lowest BCUT2D eigenvalue weighted by Gasteiger charge is -2.40. The van der Waals surface area contributed by atoms with E-state index in [9.17, 15) is 18.3 Å². The molecule has 2 saturated heterocycles. The number of amides is 1. The van der Waals surface area contributed by atoms with Gasteiger partial charge in [0.2, 0.25) is 0 Å². The molecule has 1 aromatic heterocycles. The number of rotatable bonds is 5. The SMILES string of the molecule is CCc1cccc(-c2cccc(C[C@H]3[C@H]4NS(=O)(=O)N(C)C5(C)CC5C4(F)CN3C(=O)C3(O)CCC3)c2F)n1. The van der Waals surface area contributed by atoms with Crippen LogP contribution in [0.5, 0.6) is 0 Å². The minimum absolute atomic E-state index is 0.124. The minimum atomic E-state index is -4.09. The number of fused-ring (bicyclic) bond motifs is 3. The monoisotopic (exact) mass is 560 g/mol. The molecule has 3 heterocycles.